The zero-order valence-electron chi connectivity index (χ0n) is 16.1. The molecule has 1 heterocycles. The van der Waals surface area contributed by atoms with Crippen molar-refractivity contribution < 1.29 is 37.0 Å². The summed E-state index contributed by atoms with van der Waals surface area (Å²) in [7, 11) is 0. The van der Waals surface area contributed by atoms with Crippen LogP contribution in [0.3, 0.4) is 0 Å². The summed E-state index contributed by atoms with van der Waals surface area (Å²) >= 11 is 0. The van der Waals surface area contributed by atoms with Gasteiger partial charge in [-0.3, -0.25) is 9.64 Å². The molecule has 158 valence electrons. The first-order chi connectivity index (χ1) is 12.8. The summed E-state index contributed by atoms with van der Waals surface area (Å²) in [6.45, 7) is 5.76. The number of nitrogens with zero attached hydrogens (tertiary/aromatic N) is 1. The molecule has 1 N–H and O–H groups in total. The molecule has 4 aliphatic carbocycles. The van der Waals surface area contributed by atoms with Crippen molar-refractivity contribution in [2.45, 2.75) is 88.1 Å². The lowest BCUT2D eigenvalue weighted by atomic mass is 9.43. The standard InChI is InChI=1S/C18H25F3N2O5/c1-15(2,3)28-13(24)22-16-7-17(8-16,9-16)23-6-12(26-14(23)25)10-4-11(5-10)27-18(19,20)21/h10-12H,4-9H2,1-3H3,(H,22,24). The van der Waals surface area contributed by atoms with Gasteiger partial charge in [0.15, 0.2) is 0 Å². The van der Waals surface area contributed by atoms with Gasteiger partial charge < -0.3 is 14.8 Å². The van der Waals surface area contributed by atoms with Crippen molar-refractivity contribution >= 4 is 12.2 Å². The van der Waals surface area contributed by atoms with Gasteiger partial charge in [-0.05, 0) is 52.9 Å². The van der Waals surface area contributed by atoms with E-state index in [9.17, 15) is 22.8 Å². The Morgan fingerprint density at radius 2 is 1.82 bits per heavy atom. The maximum Gasteiger partial charge on any atom is 0.522 e. The zero-order chi connectivity index (χ0) is 20.5. The second-order valence-electron chi connectivity index (χ2n) is 9.61. The molecule has 28 heavy (non-hydrogen) atoms. The van der Waals surface area contributed by atoms with Crippen LogP contribution in [0, 0.1) is 5.92 Å². The molecule has 4 saturated carbocycles. The Hall–Kier alpha value is -1.71. The van der Waals surface area contributed by atoms with Crippen LogP contribution in [0.5, 0.6) is 0 Å². The zero-order valence-corrected chi connectivity index (χ0v) is 16.1. The van der Waals surface area contributed by atoms with Crippen LogP contribution in [0.15, 0.2) is 0 Å². The number of halogens is 3. The molecule has 0 aromatic heterocycles. The van der Waals surface area contributed by atoms with Crippen LogP contribution in [0.2, 0.25) is 0 Å². The SMILES string of the molecule is CC(C)(C)OC(=O)NC12CC(N3CC(C4CC(OC(F)(F)F)C4)OC3=O)(C1)C2. The van der Waals surface area contributed by atoms with Gasteiger partial charge in [-0.2, -0.15) is 0 Å². The van der Waals surface area contributed by atoms with E-state index in [1.165, 1.54) is 0 Å². The maximum atomic E-state index is 12.3. The molecule has 1 saturated heterocycles. The third kappa shape index (κ3) is 3.51. The van der Waals surface area contributed by atoms with Crippen molar-refractivity contribution in [3.05, 3.63) is 0 Å². The Morgan fingerprint density at radius 3 is 2.36 bits per heavy atom. The summed E-state index contributed by atoms with van der Waals surface area (Å²) in [6.07, 6.45) is -4.36. The van der Waals surface area contributed by atoms with Crippen molar-refractivity contribution in [3.8, 4) is 0 Å². The predicted octanol–water partition coefficient (Wildman–Crippen LogP) is 3.32. The summed E-state index contributed by atoms with van der Waals surface area (Å²) in [6, 6.07) is 0. The fraction of sp³-hybridized carbons (Fsp3) is 0.889. The highest BCUT2D eigenvalue weighted by Crippen LogP contribution is 2.64. The quantitative estimate of drug-likeness (QED) is 0.775. The van der Waals surface area contributed by atoms with E-state index in [1.807, 2.05) is 0 Å². The molecule has 5 rings (SSSR count). The molecule has 0 aromatic rings. The highest BCUT2D eigenvalue weighted by atomic mass is 19.4. The molecule has 5 aliphatic rings. The van der Waals surface area contributed by atoms with Gasteiger partial charge in [0, 0.05) is 5.92 Å². The van der Waals surface area contributed by atoms with Gasteiger partial charge in [-0.15, -0.1) is 13.2 Å². The van der Waals surface area contributed by atoms with Crippen LogP contribution in [0.4, 0.5) is 22.8 Å². The Labute approximate surface area is 160 Å². The number of cyclic esters (lactones) is 1. The van der Waals surface area contributed by atoms with E-state index in [0.717, 1.165) is 0 Å². The Kier molecular flexibility index (Phi) is 4.13. The summed E-state index contributed by atoms with van der Waals surface area (Å²) < 4.78 is 51.4. The topological polar surface area (TPSA) is 77.1 Å². The minimum absolute atomic E-state index is 0.109. The first-order valence-electron chi connectivity index (χ1n) is 9.52. The van der Waals surface area contributed by atoms with Gasteiger partial charge in [0.1, 0.15) is 11.7 Å². The number of hydrogen-bond acceptors (Lipinski definition) is 5. The molecule has 2 amide bonds. The number of carbonyl (C=O) groups is 2. The Balaban J connectivity index is 1.25. The first kappa shape index (κ1) is 19.6. The van der Waals surface area contributed by atoms with Crippen LogP contribution in [0.1, 0.15) is 52.9 Å². The Morgan fingerprint density at radius 1 is 1.21 bits per heavy atom. The predicted molar refractivity (Wildman–Crippen MR) is 89.3 cm³/mol. The molecule has 10 heteroatoms. The van der Waals surface area contributed by atoms with E-state index in [1.54, 1.807) is 25.7 Å². The number of nitrogens with one attached hydrogen (secondary N) is 1. The normalized spacial score (nSPS) is 39.4. The van der Waals surface area contributed by atoms with Crippen molar-refractivity contribution in [2.24, 2.45) is 5.92 Å². The van der Waals surface area contributed by atoms with Crippen LogP contribution >= 0.6 is 0 Å². The lowest BCUT2D eigenvalue weighted by molar-refractivity contribution is -0.355. The Bertz CT molecular complexity index is 664. The van der Waals surface area contributed by atoms with E-state index < -0.39 is 36.4 Å². The van der Waals surface area contributed by atoms with Gasteiger partial charge >= 0.3 is 18.5 Å². The maximum absolute atomic E-state index is 12.3. The molecule has 2 bridgehead atoms. The minimum Gasteiger partial charge on any atom is -0.444 e. The third-order valence-electron chi connectivity index (χ3n) is 6.13. The van der Waals surface area contributed by atoms with Gasteiger partial charge in [0.25, 0.3) is 0 Å². The van der Waals surface area contributed by atoms with Gasteiger partial charge in [0.05, 0.1) is 23.7 Å². The molecule has 1 aliphatic heterocycles. The summed E-state index contributed by atoms with van der Waals surface area (Å²) in [4.78, 5) is 26.0. The van der Waals surface area contributed by atoms with Crippen LogP contribution < -0.4 is 5.32 Å². The number of amides is 2. The average molecular weight is 406 g/mol. The highest BCUT2D eigenvalue weighted by Gasteiger charge is 2.73. The van der Waals surface area contributed by atoms with E-state index in [2.05, 4.69) is 10.1 Å². The fourth-order valence-corrected chi connectivity index (χ4v) is 4.99. The largest absolute Gasteiger partial charge is 0.522 e. The molecule has 1 atom stereocenters. The lowest BCUT2D eigenvalue weighted by Crippen LogP contribution is -2.84. The van der Waals surface area contributed by atoms with Crippen molar-refractivity contribution in [2.75, 3.05) is 6.54 Å². The van der Waals surface area contributed by atoms with Gasteiger partial charge in [-0.25, -0.2) is 9.59 Å². The van der Waals surface area contributed by atoms with Crippen LogP contribution in [0.25, 0.3) is 0 Å². The van der Waals surface area contributed by atoms with Crippen molar-refractivity contribution in [3.63, 3.8) is 0 Å². The number of rotatable bonds is 4. The van der Waals surface area contributed by atoms with E-state index >= 15 is 0 Å². The van der Waals surface area contributed by atoms with Crippen LogP contribution in [-0.2, 0) is 14.2 Å². The number of alkyl halides is 3. The molecule has 7 nitrogen and oxygen atoms in total. The average Bonchev–Trinajstić information content (AvgIpc) is 2.74. The molecular weight excluding hydrogens is 381 g/mol. The number of alkyl carbamates (subject to hydrolysis) is 1. The molecule has 0 radical (unpaired) electrons. The monoisotopic (exact) mass is 406 g/mol. The smallest absolute Gasteiger partial charge is 0.444 e. The van der Waals surface area contributed by atoms with Crippen molar-refractivity contribution in [1.82, 2.24) is 10.2 Å². The molecule has 0 spiro atoms. The van der Waals surface area contributed by atoms with E-state index in [0.29, 0.717) is 25.8 Å². The molecule has 0 aromatic carbocycles. The van der Waals surface area contributed by atoms with E-state index in [-0.39, 0.29) is 29.8 Å². The fourth-order valence-electron chi connectivity index (χ4n) is 4.99. The molecule has 1 unspecified atom stereocenters. The lowest BCUT2D eigenvalue weighted by Gasteiger charge is -2.72. The van der Waals surface area contributed by atoms with Crippen molar-refractivity contribution in [1.29, 1.82) is 0 Å². The second-order valence-corrected chi connectivity index (χ2v) is 9.61. The van der Waals surface area contributed by atoms with Gasteiger partial charge in [-0.1, -0.05) is 0 Å². The highest BCUT2D eigenvalue weighted by molar-refractivity contribution is 5.74. The number of ether oxygens (including phenoxy) is 3. The molecular formula is C18H25F3N2O5. The minimum atomic E-state index is -4.63. The summed E-state index contributed by atoms with van der Waals surface area (Å²) in [5.41, 5.74) is -1.22. The van der Waals surface area contributed by atoms with Gasteiger partial charge in [0.2, 0.25) is 0 Å². The van der Waals surface area contributed by atoms with E-state index in [4.69, 9.17) is 9.47 Å². The summed E-state index contributed by atoms with van der Waals surface area (Å²) in [5, 5.41) is 2.90. The number of hydrogen-bond donors (Lipinski definition) is 1. The number of carbonyl (C=O) groups excluding carboxylic acids is 2. The second kappa shape index (κ2) is 5.90. The first-order valence-corrected chi connectivity index (χ1v) is 9.52. The van der Waals surface area contributed by atoms with Crippen LogP contribution in [-0.4, -0.2) is 58.9 Å². The molecule has 5 fully saturated rings. The third-order valence-corrected chi connectivity index (χ3v) is 6.13. The summed E-state index contributed by atoms with van der Waals surface area (Å²) in [5.74, 6) is -0.109.